The molecule has 1 aromatic carbocycles. The quantitative estimate of drug-likeness (QED) is 0.786. The second-order valence-electron chi connectivity index (χ2n) is 5.01. The van der Waals surface area contributed by atoms with Crippen molar-refractivity contribution < 1.29 is 0 Å². The van der Waals surface area contributed by atoms with E-state index in [2.05, 4.69) is 28.2 Å². The lowest BCUT2D eigenvalue weighted by atomic mass is 10.2. The van der Waals surface area contributed by atoms with Crippen molar-refractivity contribution in [3.8, 4) is 0 Å². The smallest absolute Gasteiger partial charge is 0.178 e. The Labute approximate surface area is 127 Å². The summed E-state index contributed by atoms with van der Waals surface area (Å²) in [5, 5.41) is 1.55. The van der Waals surface area contributed by atoms with Crippen LogP contribution in [0.15, 0.2) is 18.2 Å². The first-order chi connectivity index (χ1) is 9.19. The number of rotatable bonds is 3. The molecule has 1 aromatic heterocycles. The van der Waals surface area contributed by atoms with Gasteiger partial charge in [0.15, 0.2) is 4.77 Å². The van der Waals surface area contributed by atoms with Crippen molar-refractivity contribution in [3.05, 3.63) is 28.0 Å². The van der Waals surface area contributed by atoms with E-state index in [0.717, 1.165) is 26.1 Å². The van der Waals surface area contributed by atoms with Crippen molar-refractivity contribution >= 4 is 46.6 Å². The van der Waals surface area contributed by atoms with Crippen LogP contribution in [-0.2, 0) is 0 Å². The molecular weight excluding hydrogens is 296 g/mol. The van der Waals surface area contributed by atoms with E-state index in [0.29, 0.717) is 6.04 Å². The third-order valence-electron chi connectivity index (χ3n) is 3.80. The molecule has 2 nitrogen and oxygen atoms in total. The molecule has 1 aliphatic carbocycles. The molecule has 0 aliphatic heterocycles. The van der Waals surface area contributed by atoms with Gasteiger partial charge in [-0.05, 0) is 55.4 Å². The maximum atomic E-state index is 6.12. The van der Waals surface area contributed by atoms with Gasteiger partial charge >= 0.3 is 0 Å². The van der Waals surface area contributed by atoms with Crippen LogP contribution in [0.5, 0.6) is 0 Å². The van der Waals surface area contributed by atoms with E-state index in [1.54, 1.807) is 0 Å². The van der Waals surface area contributed by atoms with E-state index in [1.165, 1.54) is 25.0 Å². The molecular formula is C14H17ClN2S2. The molecule has 0 spiro atoms. The van der Waals surface area contributed by atoms with Gasteiger partial charge < -0.3 is 9.55 Å². The van der Waals surface area contributed by atoms with Crippen LogP contribution in [0.2, 0.25) is 5.02 Å². The van der Waals surface area contributed by atoms with E-state index < -0.39 is 0 Å². The van der Waals surface area contributed by atoms with Crippen LogP contribution in [0.1, 0.15) is 32.2 Å². The molecule has 0 bridgehead atoms. The zero-order chi connectivity index (χ0) is 13.4. The topological polar surface area (TPSA) is 20.7 Å². The van der Waals surface area contributed by atoms with Crippen molar-refractivity contribution in [2.24, 2.45) is 0 Å². The van der Waals surface area contributed by atoms with E-state index in [4.69, 9.17) is 23.8 Å². The molecule has 19 heavy (non-hydrogen) atoms. The third kappa shape index (κ3) is 2.58. The third-order valence-corrected chi connectivity index (χ3v) is 5.57. The number of fused-ring (bicyclic) bond motifs is 1. The van der Waals surface area contributed by atoms with Crippen molar-refractivity contribution in [2.75, 3.05) is 5.75 Å². The number of H-pyrrole nitrogens is 1. The highest BCUT2D eigenvalue weighted by atomic mass is 35.5. The monoisotopic (exact) mass is 312 g/mol. The van der Waals surface area contributed by atoms with E-state index in [-0.39, 0.29) is 0 Å². The van der Waals surface area contributed by atoms with Crippen molar-refractivity contribution in [1.29, 1.82) is 0 Å². The number of halogens is 1. The molecule has 3 rings (SSSR count). The van der Waals surface area contributed by atoms with Gasteiger partial charge in [0.25, 0.3) is 0 Å². The zero-order valence-corrected chi connectivity index (χ0v) is 13.2. The van der Waals surface area contributed by atoms with E-state index in [1.807, 2.05) is 18.2 Å². The fraction of sp³-hybridized carbons (Fsp3) is 0.500. The minimum absolute atomic E-state index is 0.517. The molecule has 0 saturated heterocycles. The lowest BCUT2D eigenvalue weighted by Gasteiger charge is -2.14. The Kier molecular flexibility index (Phi) is 3.92. The first kappa shape index (κ1) is 13.5. The highest BCUT2D eigenvalue weighted by Crippen LogP contribution is 2.38. The van der Waals surface area contributed by atoms with Crippen molar-refractivity contribution in [3.63, 3.8) is 0 Å². The average Bonchev–Trinajstić information content (AvgIpc) is 2.93. The summed E-state index contributed by atoms with van der Waals surface area (Å²) in [5.74, 6) is 1.20. The summed E-state index contributed by atoms with van der Waals surface area (Å²) in [6.07, 6.45) is 3.72. The normalized spacial score (nSPS) is 23.3. The van der Waals surface area contributed by atoms with Gasteiger partial charge in [-0.3, -0.25) is 0 Å². The number of imidazole rings is 1. The summed E-state index contributed by atoms with van der Waals surface area (Å²) in [5.41, 5.74) is 2.23. The zero-order valence-electron chi connectivity index (χ0n) is 10.9. The molecule has 2 unspecified atom stereocenters. The Hall–Kier alpha value is -0.450. The predicted molar refractivity (Wildman–Crippen MR) is 86.9 cm³/mol. The maximum absolute atomic E-state index is 6.12. The van der Waals surface area contributed by atoms with Crippen LogP contribution in [0, 0.1) is 4.77 Å². The number of nitrogens with zero attached hydrogens (tertiary/aromatic N) is 1. The SMILES string of the molecule is CCSC1CCC(n2c(=S)[nH]c3ccc(Cl)cc32)C1. The second kappa shape index (κ2) is 5.51. The molecule has 2 aromatic rings. The number of hydrogen-bond donors (Lipinski definition) is 1. The second-order valence-corrected chi connectivity index (χ2v) is 7.41. The van der Waals surface area contributed by atoms with Crippen LogP contribution in [0.25, 0.3) is 11.0 Å². The van der Waals surface area contributed by atoms with E-state index >= 15 is 0 Å². The van der Waals surface area contributed by atoms with Gasteiger partial charge in [-0.2, -0.15) is 11.8 Å². The van der Waals surface area contributed by atoms with Crippen LogP contribution in [-0.4, -0.2) is 20.6 Å². The van der Waals surface area contributed by atoms with Gasteiger partial charge in [0.05, 0.1) is 11.0 Å². The molecule has 1 saturated carbocycles. The summed E-state index contributed by atoms with van der Waals surface area (Å²) in [4.78, 5) is 3.29. The Morgan fingerprint density at radius 3 is 3.11 bits per heavy atom. The average molecular weight is 313 g/mol. The largest absolute Gasteiger partial charge is 0.331 e. The summed E-state index contributed by atoms with van der Waals surface area (Å²) in [7, 11) is 0. The van der Waals surface area contributed by atoms with Gasteiger partial charge in [-0.25, -0.2) is 0 Å². The minimum atomic E-state index is 0.517. The molecule has 2 atom stereocenters. The Bertz CT molecular complexity index is 646. The molecule has 1 fully saturated rings. The lowest BCUT2D eigenvalue weighted by molar-refractivity contribution is 0.527. The molecule has 1 aliphatic rings. The molecule has 1 heterocycles. The summed E-state index contributed by atoms with van der Waals surface area (Å²) < 4.78 is 3.09. The fourth-order valence-electron chi connectivity index (χ4n) is 3.00. The number of aromatic amines is 1. The number of benzene rings is 1. The van der Waals surface area contributed by atoms with Crippen LogP contribution in [0.3, 0.4) is 0 Å². The van der Waals surface area contributed by atoms with Crippen molar-refractivity contribution in [2.45, 2.75) is 37.5 Å². The Morgan fingerprint density at radius 1 is 1.47 bits per heavy atom. The van der Waals surface area contributed by atoms with E-state index in [9.17, 15) is 0 Å². The number of aromatic nitrogens is 2. The standard InChI is InChI=1S/C14H17ClN2S2/c1-2-19-11-5-4-10(8-11)17-13-7-9(15)3-6-12(13)16-14(17)18/h3,6-7,10-11H,2,4-5,8H2,1H3,(H,16,18). The first-order valence-corrected chi connectivity index (χ1v) is 8.54. The lowest BCUT2D eigenvalue weighted by Crippen LogP contribution is -2.06. The van der Waals surface area contributed by atoms with Gasteiger partial charge in [0, 0.05) is 16.3 Å². The molecule has 5 heteroatoms. The van der Waals surface area contributed by atoms with Gasteiger partial charge in [0.1, 0.15) is 0 Å². The summed E-state index contributed by atoms with van der Waals surface area (Å²) in [6, 6.07) is 6.45. The highest BCUT2D eigenvalue weighted by molar-refractivity contribution is 7.99. The number of thioether (sulfide) groups is 1. The van der Waals surface area contributed by atoms with Gasteiger partial charge in [-0.15, -0.1) is 0 Å². The number of nitrogens with one attached hydrogen (secondary N) is 1. The van der Waals surface area contributed by atoms with Gasteiger partial charge in [-0.1, -0.05) is 18.5 Å². The number of hydrogen-bond acceptors (Lipinski definition) is 2. The molecule has 102 valence electrons. The fourth-order valence-corrected chi connectivity index (χ4v) is 4.65. The van der Waals surface area contributed by atoms with Gasteiger partial charge in [0.2, 0.25) is 0 Å². The minimum Gasteiger partial charge on any atom is -0.331 e. The van der Waals surface area contributed by atoms with Crippen molar-refractivity contribution in [1.82, 2.24) is 9.55 Å². The summed E-state index contributed by atoms with van der Waals surface area (Å²) >= 11 is 13.7. The molecule has 0 radical (unpaired) electrons. The molecule has 0 amide bonds. The van der Waals surface area contributed by atoms with Crippen LogP contribution >= 0.6 is 35.6 Å². The summed E-state index contributed by atoms with van der Waals surface area (Å²) in [6.45, 7) is 2.23. The highest BCUT2D eigenvalue weighted by Gasteiger charge is 2.27. The molecule has 1 N–H and O–H groups in total. The van der Waals surface area contributed by atoms with Crippen LogP contribution < -0.4 is 0 Å². The Balaban J connectivity index is 1.99. The Morgan fingerprint density at radius 2 is 2.32 bits per heavy atom. The first-order valence-electron chi connectivity index (χ1n) is 6.70. The predicted octanol–water partition coefficient (Wildman–Crippen LogP) is 5.20. The maximum Gasteiger partial charge on any atom is 0.178 e. The van der Waals surface area contributed by atoms with Crippen LogP contribution in [0.4, 0.5) is 0 Å².